The summed E-state index contributed by atoms with van der Waals surface area (Å²) in [4.78, 5) is 22.8. The second-order valence-corrected chi connectivity index (χ2v) is 5.09. The van der Waals surface area contributed by atoms with Crippen molar-refractivity contribution in [3.63, 3.8) is 0 Å². The summed E-state index contributed by atoms with van der Waals surface area (Å²) in [6, 6.07) is 4.44. The van der Waals surface area contributed by atoms with Crippen LogP contribution < -0.4 is 10.1 Å². The second kappa shape index (κ2) is 6.25. The van der Waals surface area contributed by atoms with Crippen LogP contribution in [0.5, 0.6) is 5.75 Å². The molecule has 8 heteroatoms. The summed E-state index contributed by atoms with van der Waals surface area (Å²) in [5, 5.41) is 11.5. The first kappa shape index (κ1) is 16.1. The van der Waals surface area contributed by atoms with Gasteiger partial charge in [0.05, 0.1) is 5.92 Å². The molecule has 22 heavy (non-hydrogen) atoms. The first-order valence-corrected chi connectivity index (χ1v) is 6.64. The highest BCUT2D eigenvalue weighted by molar-refractivity contribution is 5.94. The quantitative estimate of drug-likeness (QED) is 0.895. The Bertz CT molecular complexity index is 573. The van der Waals surface area contributed by atoms with Crippen molar-refractivity contribution in [3.8, 4) is 5.75 Å². The van der Waals surface area contributed by atoms with Gasteiger partial charge in [-0.25, -0.2) is 0 Å². The van der Waals surface area contributed by atoms with Gasteiger partial charge in [0.15, 0.2) is 0 Å². The number of halogens is 3. The van der Waals surface area contributed by atoms with Gasteiger partial charge in [0.1, 0.15) is 5.75 Å². The summed E-state index contributed by atoms with van der Waals surface area (Å²) in [5.41, 5.74) is 0.0283. The van der Waals surface area contributed by atoms with E-state index in [1.54, 1.807) is 0 Å². The zero-order valence-electron chi connectivity index (χ0n) is 11.4. The number of carbonyl (C=O) groups is 2. The molecule has 1 aromatic carbocycles. The number of carboxylic acid groups (broad SMARTS) is 1. The van der Waals surface area contributed by atoms with E-state index in [4.69, 9.17) is 5.11 Å². The molecule has 1 fully saturated rings. The van der Waals surface area contributed by atoms with Crippen molar-refractivity contribution in [2.45, 2.75) is 31.7 Å². The molecular formula is C14H14F3NO4. The second-order valence-electron chi connectivity index (χ2n) is 5.09. The van der Waals surface area contributed by atoms with Crippen molar-refractivity contribution in [2.24, 2.45) is 5.92 Å². The Balaban J connectivity index is 1.98. The maximum Gasteiger partial charge on any atom is 0.573 e. The van der Waals surface area contributed by atoms with Crippen LogP contribution in [0.15, 0.2) is 24.3 Å². The molecule has 1 aliphatic carbocycles. The van der Waals surface area contributed by atoms with Gasteiger partial charge >= 0.3 is 12.3 Å². The van der Waals surface area contributed by atoms with Crippen molar-refractivity contribution in [1.82, 2.24) is 5.32 Å². The van der Waals surface area contributed by atoms with Crippen LogP contribution in [-0.2, 0) is 4.79 Å². The Hall–Kier alpha value is -2.25. The minimum atomic E-state index is -4.82. The maximum atomic E-state index is 12.1. The first-order valence-electron chi connectivity index (χ1n) is 6.64. The average molecular weight is 317 g/mol. The number of carbonyl (C=O) groups excluding carboxylic acids is 1. The van der Waals surface area contributed by atoms with Crippen LogP contribution in [0.2, 0.25) is 0 Å². The summed E-state index contributed by atoms with van der Waals surface area (Å²) in [6.45, 7) is 0. The lowest BCUT2D eigenvalue weighted by molar-refractivity contribution is -0.274. The number of hydrogen-bond acceptors (Lipinski definition) is 3. The van der Waals surface area contributed by atoms with Crippen molar-refractivity contribution >= 4 is 11.9 Å². The number of benzene rings is 1. The Kier molecular flexibility index (Phi) is 4.58. The van der Waals surface area contributed by atoms with Gasteiger partial charge in [0, 0.05) is 11.6 Å². The third-order valence-corrected chi connectivity index (χ3v) is 3.45. The molecule has 0 spiro atoms. The molecule has 0 saturated heterocycles. The van der Waals surface area contributed by atoms with Crippen LogP contribution >= 0.6 is 0 Å². The van der Waals surface area contributed by atoms with Gasteiger partial charge in [0.2, 0.25) is 0 Å². The van der Waals surface area contributed by atoms with Gasteiger partial charge in [-0.3, -0.25) is 9.59 Å². The van der Waals surface area contributed by atoms with E-state index in [2.05, 4.69) is 10.1 Å². The number of nitrogens with one attached hydrogen (secondary N) is 1. The third kappa shape index (κ3) is 4.37. The minimum Gasteiger partial charge on any atom is -0.481 e. The van der Waals surface area contributed by atoms with E-state index in [0.717, 1.165) is 12.1 Å². The molecule has 0 aromatic heterocycles. The van der Waals surface area contributed by atoms with Crippen LogP contribution in [0, 0.1) is 5.92 Å². The van der Waals surface area contributed by atoms with Crippen LogP contribution in [0.3, 0.4) is 0 Å². The van der Waals surface area contributed by atoms with E-state index in [1.807, 2.05) is 0 Å². The van der Waals surface area contributed by atoms with Crippen LogP contribution in [0.1, 0.15) is 29.6 Å². The SMILES string of the molecule is O=C(N[C@@H]1CC[C@H](C(=O)O)C1)c1cccc(OC(F)(F)F)c1. The van der Waals surface area contributed by atoms with Crippen molar-refractivity contribution in [2.75, 3.05) is 0 Å². The first-order chi connectivity index (χ1) is 10.2. The van der Waals surface area contributed by atoms with Crippen LogP contribution in [0.4, 0.5) is 13.2 Å². The van der Waals surface area contributed by atoms with E-state index in [9.17, 15) is 22.8 Å². The molecule has 0 radical (unpaired) electrons. The van der Waals surface area contributed by atoms with E-state index in [1.165, 1.54) is 12.1 Å². The summed E-state index contributed by atoms with van der Waals surface area (Å²) in [7, 11) is 0. The van der Waals surface area contributed by atoms with Crippen molar-refractivity contribution in [3.05, 3.63) is 29.8 Å². The molecule has 5 nitrogen and oxygen atoms in total. The monoisotopic (exact) mass is 317 g/mol. The molecule has 0 bridgehead atoms. The van der Waals surface area contributed by atoms with Gasteiger partial charge < -0.3 is 15.2 Å². The number of rotatable bonds is 4. The molecule has 120 valence electrons. The number of carboxylic acids is 1. The lowest BCUT2D eigenvalue weighted by Gasteiger charge is -2.13. The molecule has 1 aromatic rings. The molecule has 0 aliphatic heterocycles. The highest BCUT2D eigenvalue weighted by atomic mass is 19.4. The number of aliphatic carboxylic acids is 1. The predicted molar refractivity (Wildman–Crippen MR) is 69.4 cm³/mol. The molecule has 0 unspecified atom stereocenters. The predicted octanol–water partition coefficient (Wildman–Crippen LogP) is 2.57. The standard InChI is InChI=1S/C14H14F3NO4/c15-14(16,17)22-11-3-1-2-8(7-11)12(19)18-10-5-4-9(6-10)13(20)21/h1-3,7,9-10H,4-6H2,(H,18,19)(H,20,21)/t9-,10+/m0/s1. The van der Waals surface area contributed by atoms with Gasteiger partial charge in [-0.2, -0.15) is 0 Å². The number of amides is 1. The Morgan fingerprint density at radius 2 is 2.00 bits per heavy atom. The zero-order valence-corrected chi connectivity index (χ0v) is 11.4. The topological polar surface area (TPSA) is 75.6 Å². The average Bonchev–Trinajstić information content (AvgIpc) is 2.85. The smallest absolute Gasteiger partial charge is 0.481 e. The summed E-state index contributed by atoms with van der Waals surface area (Å²) in [6.07, 6.45) is -3.51. The lowest BCUT2D eigenvalue weighted by Crippen LogP contribution is -2.33. The summed E-state index contributed by atoms with van der Waals surface area (Å²) < 4.78 is 40.2. The Morgan fingerprint density at radius 3 is 2.59 bits per heavy atom. The fourth-order valence-corrected chi connectivity index (χ4v) is 2.44. The van der Waals surface area contributed by atoms with E-state index >= 15 is 0 Å². The molecule has 1 saturated carbocycles. The Labute approximate surface area is 124 Å². The highest BCUT2D eigenvalue weighted by Crippen LogP contribution is 2.27. The highest BCUT2D eigenvalue weighted by Gasteiger charge is 2.32. The summed E-state index contributed by atoms with van der Waals surface area (Å²) >= 11 is 0. The van der Waals surface area contributed by atoms with E-state index < -0.39 is 29.9 Å². The number of alkyl halides is 3. The zero-order chi connectivity index (χ0) is 16.3. The molecule has 1 aliphatic rings. The van der Waals surface area contributed by atoms with Crippen LogP contribution in [0.25, 0.3) is 0 Å². The number of hydrogen-bond donors (Lipinski definition) is 2. The normalized spacial score (nSPS) is 21.4. The van der Waals surface area contributed by atoms with Gasteiger partial charge in [0.25, 0.3) is 5.91 Å². The molecule has 2 atom stereocenters. The number of ether oxygens (including phenoxy) is 1. The molecule has 1 amide bonds. The molecule has 2 rings (SSSR count). The largest absolute Gasteiger partial charge is 0.573 e. The fraction of sp³-hybridized carbons (Fsp3) is 0.429. The lowest BCUT2D eigenvalue weighted by atomic mass is 10.1. The third-order valence-electron chi connectivity index (χ3n) is 3.45. The van der Waals surface area contributed by atoms with Gasteiger partial charge in [-0.15, -0.1) is 13.2 Å². The van der Waals surface area contributed by atoms with Gasteiger partial charge in [-0.1, -0.05) is 6.07 Å². The molecule has 2 N–H and O–H groups in total. The van der Waals surface area contributed by atoms with Gasteiger partial charge in [-0.05, 0) is 37.5 Å². The summed E-state index contributed by atoms with van der Waals surface area (Å²) in [5.74, 6) is -2.43. The van der Waals surface area contributed by atoms with Crippen LogP contribution in [-0.4, -0.2) is 29.4 Å². The molecular weight excluding hydrogens is 303 g/mol. The van der Waals surface area contributed by atoms with Crippen molar-refractivity contribution in [1.29, 1.82) is 0 Å². The molecule has 0 heterocycles. The van der Waals surface area contributed by atoms with Crippen molar-refractivity contribution < 1.29 is 32.6 Å². The fourth-order valence-electron chi connectivity index (χ4n) is 2.44. The van der Waals surface area contributed by atoms with E-state index in [0.29, 0.717) is 19.3 Å². The maximum absolute atomic E-state index is 12.1. The minimum absolute atomic E-state index is 0.0283. The van der Waals surface area contributed by atoms with E-state index in [-0.39, 0.29) is 11.6 Å². The Morgan fingerprint density at radius 1 is 1.27 bits per heavy atom.